The van der Waals surface area contributed by atoms with Crippen molar-refractivity contribution in [2.45, 2.75) is 64.6 Å². The number of hydrogen-bond donors (Lipinski definition) is 1. The quantitative estimate of drug-likeness (QED) is 0.434. The molecule has 0 saturated carbocycles. The van der Waals surface area contributed by atoms with Crippen molar-refractivity contribution in [3.63, 3.8) is 0 Å². The van der Waals surface area contributed by atoms with Gasteiger partial charge in [-0.25, -0.2) is 4.98 Å². The summed E-state index contributed by atoms with van der Waals surface area (Å²) in [7, 11) is 0. The molecule has 1 aliphatic rings. The Bertz CT molecular complexity index is 1130. The first-order valence-electron chi connectivity index (χ1n) is 10.2. The third kappa shape index (κ3) is 4.44. The van der Waals surface area contributed by atoms with Crippen LogP contribution in [0.15, 0.2) is 14.5 Å². The molecule has 30 heavy (non-hydrogen) atoms. The Morgan fingerprint density at radius 2 is 2.10 bits per heavy atom. The Morgan fingerprint density at radius 3 is 2.83 bits per heavy atom. The van der Waals surface area contributed by atoms with E-state index in [0.29, 0.717) is 23.4 Å². The first-order chi connectivity index (χ1) is 14.4. The van der Waals surface area contributed by atoms with Crippen molar-refractivity contribution in [2.75, 3.05) is 11.1 Å². The van der Waals surface area contributed by atoms with E-state index in [-0.39, 0.29) is 23.2 Å². The van der Waals surface area contributed by atoms with Gasteiger partial charge in [0.15, 0.2) is 11.0 Å². The zero-order valence-corrected chi connectivity index (χ0v) is 19.0. The third-order valence-corrected chi connectivity index (χ3v) is 7.24. The Kier molecular flexibility index (Phi) is 6.24. The number of thiophene rings is 1. The number of thioether (sulfide) groups is 1. The molecule has 1 amide bonds. The van der Waals surface area contributed by atoms with Gasteiger partial charge in [-0.3, -0.25) is 19.5 Å². The van der Waals surface area contributed by atoms with Gasteiger partial charge >= 0.3 is 6.01 Å². The van der Waals surface area contributed by atoms with Crippen LogP contribution < -0.4 is 10.9 Å². The van der Waals surface area contributed by atoms with Crippen LogP contribution in [0.25, 0.3) is 10.2 Å². The lowest BCUT2D eigenvalue weighted by atomic mass is 9.97. The maximum Gasteiger partial charge on any atom is 0.328 e. The smallest absolute Gasteiger partial charge is 0.315 e. The van der Waals surface area contributed by atoms with Crippen LogP contribution in [0.3, 0.4) is 0 Å². The Labute approximate surface area is 182 Å². The van der Waals surface area contributed by atoms with Crippen molar-refractivity contribution in [2.24, 2.45) is 5.92 Å². The van der Waals surface area contributed by atoms with Crippen LogP contribution in [0, 0.1) is 12.8 Å². The van der Waals surface area contributed by atoms with Gasteiger partial charge in [0, 0.05) is 11.4 Å². The Hall–Kier alpha value is -2.20. The predicted octanol–water partition coefficient (Wildman–Crippen LogP) is 3.81. The van der Waals surface area contributed by atoms with E-state index in [1.807, 2.05) is 0 Å². The van der Waals surface area contributed by atoms with E-state index < -0.39 is 0 Å². The molecule has 1 aliphatic carbocycles. The normalized spacial score (nSPS) is 13.7. The lowest BCUT2D eigenvalue weighted by Gasteiger charge is -2.14. The van der Waals surface area contributed by atoms with Gasteiger partial charge in [-0.1, -0.05) is 30.8 Å². The largest absolute Gasteiger partial charge is 0.328 e. The van der Waals surface area contributed by atoms with Gasteiger partial charge in [-0.2, -0.15) is 4.98 Å². The van der Waals surface area contributed by atoms with Crippen LogP contribution in [0.4, 0.5) is 6.01 Å². The van der Waals surface area contributed by atoms with E-state index in [2.05, 4.69) is 29.3 Å². The van der Waals surface area contributed by atoms with Crippen molar-refractivity contribution in [3.8, 4) is 0 Å². The monoisotopic (exact) mass is 447 g/mol. The lowest BCUT2D eigenvalue weighted by molar-refractivity contribution is -0.114. The first kappa shape index (κ1) is 21.0. The number of fused-ring (bicyclic) bond motifs is 3. The molecule has 0 radical (unpaired) electrons. The molecule has 4 rings (SSSR count). The number of aryl methyl sites for hydroxylation is 3. The number of hydrogen-bond acceptors (Lipinski definition) is 8. The fourth-order valence-corrected chi connectivity index (χ4v) is 5.68. The molecule has 0 bridgehead atoms. The van der Waals surface area contributed by atoms with E-state index in [4.69, 9.17) is 9.51 Å². The summed E-state index contributed by atoms with van der Waals surface area (Å²) in [5, 5.41) is 7.61. The highest BCUT2D eigenvalue weighted by Gasteiger charge is 2.22. The minimum absolute atomic E-state index is 0.0236. The standard InChI is InChI=1S/C20H25N5O3S2/c1-11(2)8-9-25-18(27)16-13-6-4-5-7-14(13)30-17(16)23-20(25)29-10-15(26)22-19-21-12(3)24-28-19/h11H,4-10H2,1-3H3,(H,21,22,24,26). The summed E-state index contributed by atoms with van der Waals surface area (Å²) in [6.07, 6.45) is 5.14. The molecule has 3 heterocycles. The fourth-order valence-electron chi connectivity index (χ4n) is 3.55. The number of anilines is 1. The average molecular weight is 448 g/mol. The Morgan fingerprint density at radius 1 is 1.30 bits per heavy atom. The summed E-state index contributed by atoms with van der Waals surface area (Å²) in [4.78, 5) is 36.6. The minimum Gasteiger partial charge on any atom is -0.315 e. The zero-order chi connectivity index (χ0) is 21.3. The van der Waals surface area contributed by atoms with Crippen LogP contribution in [0.2, 0.25) is 0 Å². The number of carbonyl (C=O) groups excluding carboxylic acids is 1. The molecule has 0 unspecified atom stereocenters. The van der Waals surface area contributed by atoms with Crippen molar-refractivity contribution in [1.29, 1.82) is 0 Å². The van der Waals surface area contributed by atoms with Gasteiger partial charge in [0.25, 0.3) is 5.56 Å². The SMILES string of the molecule is Cc1noc(NC(=O)CSc2nc3sc4c(c3c(=O)n2CCC(C)C)CCCC4)n1. The molecule has 1 N–H and O–H groups in total. The van der Waals surface area contributed by atoms with Crippen molar-refractivity contribution in [1.82, 2.24) is 19.7 Å². The van der Waals surface area contributed by atoms with Crippen LogP contribution >= 0.6 is 23.1 Å². The van der Waals surface area contributed by atoms with Gasteiger partial charge in [-0.05, 0) is 50.5 Å². The van der Waals surface area contributed by atoms with Crippen LogP contribution in [0.5, 0.6) is 0 Å². The molecular weight excluding hydrogens is 422 g/mol. The third-order valence-electron chi connectivity index (χ3n) is 5.08. The molecule has 0 atom stereocenters. The fraction of sp³-hybridized carbons (Fsp3) is 0.550. The highest BCUT2D eigenvalue weighted by atomic mass is 32.2. The minimum atomic E-state index is -0.279. The maximum absolute atomic E-state index is 13.4. The number of rotatable bonds is 7. The molecule has 0 spiro atoms. The molecule has 0 aliphatic heterocycles. The highest BCUT2D eigenvalue weighted by Crippen LogP contribution is 2.34. The second-order valence-electron chi connectivity index (χ2n) is 7.91. The molecule has 3 aromatic rings. The van der Waals surface area contributed by atoms with E-state index in [1.54, 1.807) is 22.8 Å². The second kappa shape index (κ2) is 8.89. The number of nitrogens with zero attached hydrogens (tertiary/aromatic N) is 4. The summed E-state index contributed by atoms with van der Waals surface area (Å²) in [5.41, 5.74) is 1.22. The lowest BCUT2D eigenvalue weighted by Crippen LogP contribution is -2.25. The highest BCUT2D eigenvalue weighted by molar-refractivity contribution is 7.99. The van der Waals surface area contributed by atoms with Crippen LogP contribution in [0.1, 0.15) is 49.4 Å². The number of amides is 1. The van der Waals surface area contributed by atoms with Crippen LogP contribution in [-0.4, -0.2) is 31.4 Å². The van der Waals surface area contributed by atoms with Gasteiger partial charge in [0.1, 0.15) is 4.83 Å². The molecule has 160 valence electrons. The van der Waals surface area contributed by atoms with Gasteiger partial charge < -0.3 is 4.52 Å². The van der Waals surface area contributed by atoms with E-state index in [9.17, 15) is 9.59 Å². The van der Waals surface area contributed by atoms with Crippen LogP contribution in [-0.2, 0) is 24.2 Å². The van der Waals surface area contributed by atoms with Gasteiger partial charge in [0.2, 0.25) is 5.91 Å². The van der Waals surface area contributed by atoms with Crippen molar-refractivity contribution >= 4 is 45.2 Å². The predicted molar refractivity (Wildman–Crippen MR) is 118 cm³/mol. The van der Waals surface area contributed by atoms with Gasteiger partial charge in [-0.15, -0.1) is 11.3 Å². The molecule has 8 nitrogen and oxygen atoms in total. The van der Waals surface area contributed by atoms with Crippen molar-refractivity contribution in [3.05, 3.63) is 26.6 Å². The number of nitrogens with one attached hydrogen (secondary N) is 1. The number of carbonyl (C=O) groups is 1. The van der Waals surface area contributed by atoms with E-state index >= 15 is 0 Å². The molecule has 10 heteroatoms. The summed E-state index contributed by atoms with van der Waals surface area (Å²) in [5.74, 6) is 0.741. The summed E-state index contributed by atoms with van der Waals surface area (Å²) in [6, 6.07) is 0.0737. The molecule has 0 aromatic carbocycles. The first-order valence-corrected chi connectivity index (χ1v) is 12.0. The molecule has 3 aromatic heterocycles. The van der Waals surface area contributed by atoms with E-state index in [1.165, 1.54) is 22.2 Å². The Balaban J connectivity index is 1.62. The van der Waals surface area contributed by atoms with E-state index in [0.717, 1.165) is 42.3 Å². The second-order valence-corrected chi connectivity index (χ2v) is 9.93. The molecule has 0 saturated heterocycles. The molecular formula is C20H25N5O3S2. The zero-order valence-electron chi connectivity index (χ0n) is 17.4. The molecule has 0 fully saturated rings. The summed E-state index contributed by atoms with van der Waals surface area (Å²) < 4.78 is 6.68. The summed E-state index contributed by atoms with van der Waals surface area (Å²) in [6.45, 7) is 6.55. The summed E-state index contributed by atoms with van der Waals surface area (Å²) >= 11 is 2.89. The van der Waals surface area contributed by atoms with Gasteiger partial charge in [0.05, 0.1) is 11.1 Å². The topological polar surface area (TPSA) is 103 Å². The van der Waals surface area contributed by atoms with Crippen molar-refractivity contribution < 1.29 is 9.32 Å². The average Bonchev–Trinajstić information content (AvgIpc) is 3.28. The maximum atomic E-state index is 13.4. The number of aromatic nitrogens is 4.